The molecule has 0 amide bonds. The first kappa shape index (κ1) is 15.1. The lowest BCUT2D eigenvalue weighted by molar-refractivity contribution is 0.110. The summed E-state index contributed by atoms with van der Waals surface area (Å²) < 4.78 is 11.0. The molecule has 1 saturated heterocycles. The number of hydrogen-bond donors (Lipinski definition) is 2. The molecule has 0 aromatic heterocycles. The largest absolute Gasteiger partial charge is 0.492 e. The fourth-order valence-corrected chi connectivity index (χ4v) is 2.53. The second-order valence-corrected chi connectivity index (χ2v) is 5.25. The van der Waals surface area contributed by atoms with Crippen LogP contribution in [0.2, 0.25) is 0 Å². The van der Waals surface area contributed by atoms with E-state index in [0.29, 0.717) is 12.7 Å². The number of anilines is 1. The Morgan fingerprint density at radius 2 is 2.35 bits per heavy atom. The Morgan fingerprint density at radius 3 is 3.05 bits per heavy atom. The lowest BCUT2D eigenvalue weighted by Crippen LogP contribution is -2.27. The molecular formula is C16H26N2O2. The average molecular weight is 278 g/mol. The maximum absolute atomic E-state index is 5.96. The molecule has 1 aliphatic rings. The second-order valence-electron chi connectivity index (χ2n) is 5.25. The van der Waals surface area contributed by atoms with Gasteiger partial charge in [0, 0.05) is 13.2 Å². The molecule has 3 N–H and O–H groups in total. The van der Waals surface area contributed by atoms with Gasteiger partial charge in [-0.25, -0.2) is 0 Å². The van der Waals surface area contributed by atoms with Crippen LogP contribution in [0.25, 0.3) is 0 Å². The third-order valence-corrected chi connectivity index (χ3v) is 3.59. The van der Waals surface area contributed by atoms with Crippen LogP contribution in [0.1, 0.15) is 31.7 Å². The maximum Gasteiger partial charge on any atom is 0.142 e. The van der Waals surface area contributed by atoms with Gasteiger partial charge in [0.05, 0.1) is 18.4 Å². The van der Waals surface area contributed by atoms with E-state index in [1.807, 2.05) is 19.1 Å². The Balaban J connectivity index is 1.64. The molecular weight excluding hydrogens is 252 g/mol. The van der Waals surface area contributed by atoms with Crippen molar-refractivity contribution >= 4 is 5.69 Å². The van der Waals surface area contributed by atoms with E-state index < -0.39 is 0 Å². The summed E-state index contributed by atoms with van der Waals surface area (Å²) in [6, 6.07) is 6.08. The van der Waals surface area contributed by atoms with Crippen LogP contribution in [0.3, 0.4) is 0 Å². The van der Waals surface area contributed by atoms with Crippen molar-refractivity contribution in [3.63, 3.8) is 0 Å². The zero-order chi connectivity index (χ0) is 14.2. The molecule has 0 bridgehead atoms. The molecule has 1 aromatic carbocycles. The summed E-state index contributed by atoms with van der Waals surface area (Å²) in [5, 5.41) is 3.46. The summed E-state index contributed by atoms with van der Waals surface area (Å²) in [5.74, 6) is 0.785. The molecule has 2 rings (SSSR count). The van der Waals surface area contributed by atoms with Crippen LogP contribution in [-0.2, 0) is 11.2 Å². The lowest BCUT2D eigenvalue weighted by atomic mass is 10.1. The number of hydrogen-bond acceptors (Lipinski definition) is 4. The van der Waals surface area contributed by atoms with Crippen molar-refractivity contribution in [1.82, 2.24) is 5.32 Å². The third kappa shape index (κ3) is 4.69. The second kappa shape index (κ2) is 8.12. The minimum Gasteiger partial charge on any atom is -0.492 e. The molecule has 1 unspecified atom stereocenters. The van der Waals surface area contributed by atoms with Gasteiger partial charge in [-0.05, 0) is 56.8 Å². The van der Waals surface area contributed by atoms with Crippen LogP contribution in [0, 0.1) is 0 Å². The summed E-state index contributed by atoms with van der Waals surface area (Å²) >= 11 is 0. The average Bonchev–Trinajstić information content (AvgIpc) is 2.95. The highest BCUT2D eigenvalue weighted by molar-refractivity contribution is 5.54. The fraction of sp³-hybridized carbons (Fsp3) is 0.625. The van der Waals surface area contributed by atoms with Gasteiger partial charge in [-0.3, -0.25) is 0 Å². The normalized spacial score (nSPS) is 18.4. The van der Waals surface area contributed by atoms with Crippen molar-refractivity contribution in [2.75, 3.05) is 32.0 Å². The van der Waals surface area contributed by atoms with E-state index in [9.17, 15) is 0 Å². The number of nitrogen functional groups attached to an aromatic ring is 1. The zero-order valence-electron chi connectivity index (χ0n) is 12.4. The molecule has 0 saturated carbocycles. The topological polar surface area (TPSA) is 56.5 Å². The summed E-state index contributed by atoms with van der Waals surface area (Å²) in [6.07, 6.45) is 4.98. The highest BCUT2D eigenvalue weighted by Gasteiger charge is 2.14. The molecule has 1 heterocycles. The molecule has 0 spiro atoms. The Bertz CT molecular complexity index is 403. The molecule has 4 nitrogen and oxygen atoms in total. The minimum atomic E-state index is 0.427. The van der Waals surface area contributed by atoms with Gasteiger partial charge in [0.1, 0.15) is 5.75 Å². The predicted molar refractivity (Wildman–Crippen MR) is 82.2 cm³/mol. The Morgan fingerprint density at radius 1 is 1.45 bits per heavy atom. The van der Waals surface area contributed by atoms with Gasteiger partial charge < -0.3 is 20.5 Å². The van der Waals surface area contributed by atoms with E-state index in [-0.39, 0.29) is 0 Å². The van der Waals surface area contributed by atoms with Crippen molar-refractivity contribution in [3.8, 4) is 5.75 Å². The van der Waals surface area contributed by atoms with Gasteiger partial charge >= 0.3 is 0 Å². The van der Waals surface area contributed by atoms with Crippen LogP contribution in [-0.4, -0.2) is 32.4 Å². The van der Waals surface area contributed by atoms with Gasteiger partial charge in [0.2, 0.25) is 0 Å². The van der Waals surface area contributed by atoms with Gasteiger partial charge in [-0.15, -0.1) is 0 Å². The van der Waals surface area contributed by atoms with Crippen molar-refractivity contribution in [1.29, 1.82) is 0 Å². The van der Waals surface area contributed by atoms with Crippen molar-refractivity contribution in [2.45, 2.75) is 38.7 Å². The highest BCUT2D eigenvalue weighted by Crippen LogP contribution is 2.23. The first-order valence-electron chi connectivity index (χ1n) is 7.63. The zero-order valence-corrected chi connectivity index (χ0v) is 12.4. The fourth-order valence-electron chi connectivity index (χ4n) is 2.53. The molecule has 0 radical (unpaired) electrons. The minimum absolute atomic E-state index is 0.427. The highest BCUT2D eigenvalue weighted by atomic mass is 16.5. The number of ether oxygens (including phenoxy) is 2. The third-order valence-electron chi connectivity index (χ3n) is 3.59. The molecule has 1 atom stereocenters. The van der Waals surface area contributed by atoms with Crippen LogP contribution < -0.4 is 15.8 Å². The number of nitrogens with two attached hydrogens (primary N) is 1. The van der Waals surface area contributed by atoms with E-state index in [1.54, 1.807) is 0 Å². The van der Waals surface area contributed by atoms with E-state index in [1.165, 1.54) is 18.4 Å². The van der Waals surface area contributed by atoms with Crippen LogP contribution >= 0.6 is 0 Å². The molecule has 1 fully saturated rings. The monoisotopic (exact) mass is 278 g/mol. The van der Waals surface area contributed by atoms with Crippen molar-refractivity contribution in [3.05, 3.63) is 23.8 Å². The first-order valence-corrected chi connectivity index (χ1v) is 7.63. The smallest absolute Gasteiger partial charge is 0.142 e. The molecule has 112 valence electrons. The number of benzene rings is 1. The quantitative estimate of drug-likeness (QED) is 0.566. The molecule has 1 aliphatic heterocycles. The Labute approximate surface area is 121 Å². The van der Waals surface area contributed by atoms with Gasteiger partial charge in [-0.1, -0.05) is 6.07 Å². The van der Waals surface area contributed by atoms with Crippen LogP contribution in [0.4, 0.5) is 5.69 Å². The number of nitrogens with one attached hydrogen (secondary N) is 1. The van der Waals surface area contributed by atoms with Crippen molar-refractivity contribution < 1.29 is 9.47 Å². The number of aryl methyl sites for hydroxylation is 1. The standard InChI is InChI=1S/C16H26N2O2/c1-2-19-16-8-7-13(11-15(16)17)5-3-9-18-12-14-6-4-10-20-14/h7-8,11,14,18H,2-6,9-10,12,17H2,1H3. The Hall–Kier alpha value is -1.26. The first-order chi connectivity index (χ1) is 9.79. The van der Waals surface area contributed by atoms with Gasteiger partial charge in [-0.2, -0.15) is 0 Å². The molecule has 1 aromatic rings. The van der Waals surface area contributed by atoms with Gasteiger partial charge in [0.25, 0.3) is 0 Å². The summed E-state index contributed by atoms with van der Waals surface area (Å²) in [4.78, 5) is 0. The van der Waals surface area contributed by atoms with E-state index in [2.05, 4.69) is 11.4 Å². The molecule has 4 heteroatoms. The van der Waals surface area contributed by atoms with Crippen molar-refractivity contribution in [2.24, 2.45) is 0 Å². The summed E-state index contributed by atoms with van der Waals surface area (Å²) in [7, 11) is 0. The Kier molecular flexibility index (Phi) is 6.15. The maximum atomic E-state index is 5.96. The molecule has 20 heavy (non-hydrogen) atoms. The van der Waals surface area contributed by atoms with Crippen LogP contribution in [0.5, 0.6) is 5.75 Å². The summed E-state index contributed by atoms with van der Waals surface area (Å²) in [6.45, 7) is 5.54. The van der Waals surface area contributed by atoms with E-state index >= 15 is 0 Å². The lowest BCUT2D eigenvalue weighted by Gasteiger charge is -2.11. The molecule has 0 aliphatic carbocycles. The van der Waals surface area contributed by atoms with Gasteiger partial charge in [0.15, 0.2) is 0 Å². The van der Waals surface area contributed by atoms with E-state index in [4.69, 9.17) is 15.2 Å². The van der Waals surface area contributed by atoms with Crippen LogP contribution in [0.15, 0.2) is 18.2 Å². The number of rotatable bonds is 8. The SMILES string of the molecule is CCOc1ccc(CCCNCC2CCCO2)cc1N. The van der Waals surface area contributed by atoms with E-state index in [0.717, 1.165) is 44.0 Å². The summed E-state index contributed by atoms with van der Waals surface area (Å²) in [5.41, 5.74) is 7.96. The predicted octanol–water partition coefficient (Wildman–Crippen LogP) is 2.37.